The van der Waals surface area contributed by atoms with E-state index in [0.29, 0.717) is 22.6 Å². The molecule has 3 aromatic carbocycles. The minimum atomic E-state index is -0.0272. The van der Waals surface area contributed by atoms with Crippen molar-refractivity contribution in [3.63, 3.8) is 0 Å². The van der Waals surface area contributed by atoms with E-state index >= 15 is 0 Å². The van der Waals surface area contributed by atoms with Gasteiger partial charge in [-0.05, 0) is 53.8 Å². The number of halogens is 1. The average molecular weight is 491 g/mol. The molecule has 0 aliphatic carbocycles. The zero-order valence-corrected chi connectivity index (χ0v) is 20.8. The molecular formula is C27H27ClN4OS. The Morgan fingerprint density at radius 3 is 2.41 bits per heavy atom. The highest BCUT2D eigenvalue weighted by molar-refractivity contribution is 7.99. The minimum Gasteiger partial charge on any atom is -0.355 e. The zero-order chi connectivity index (χ0) is 23.9. The first-order valence-corrected chi connectivity index (χ1v) is 12.6. The van der Waals surface area contributed by atoms with E-state index in [1.807, 2.05) is 59.2 Å². The predicted molar refractivity (Wildman–Crippen MR) is 140 cm³/mol. The highest BCUT2D eigenvalue weighted by atomic mass is 35.5. The van der Waals surface area contributed by atoms with E-state index in [1.54, 1.807) is 0 Å². The Balaban J connectivity index is 1.55. The molecule has 1 aromatic heterocycles. The number of nitrogens with zero attached hydrogens (tertiary/aromatic N) is 3. The number of carbonyl (C=O) groups excluding carboxylic acids is 1. The van der Waals surface area contributed by atoms with Crippen molar-refractivity contribution in [2.24, 2.45) is 0 Å². The van der Waals surface area contributed by atoms with Gasteiger partial charge >= 0.3 is 0 Å². The van der Waals surface area contributed by atoms with Gasteiger partial charge in [0.05, 0.1) is 11.4 Å². The average Bonchev–Trinajstić information content (AvgIpc) is 3.27. The Labute approximate surface area is 209 Å². The number of rotatable bonds is 9. The van der Waals surface area contributed by atoms with E-state index in [4.69, 9.17) is 11.6 Å². The van der Waals surface area contributed by atoms with E-state index in [2.05, 4.69) is 53.6 Å². The summed E-state index contributed by atoms with van der Waals surface area (Å²) in [6.45, 7) is 4.93. The second-order valence-corrected chi connectivity index (χ2v) is 9.62. The Morgan fingerprint density at radius 2 is 1.68 bits per heavy atom. The van der Waals surface area contributed by atoms with Crippen molar-refractivity contribution in [2.75, 3.05) is 12.3 Å². The number of nitrogens with one attached hydrogen (secondary N) is 1. The first kappa shape index (κ1) is 24.0. The Hall–Kier alpha value is -3.09. The van der Waals surface area contributed by atoms with E-state index in [9.17, 15) is 4.79 Å². The SMILES string of the molecule is CC(C)c1ccccc1-n1c(SCC(=O)NCCc2ccccc2)nnc1-c1ccc(Cl)cc1. The molecule has 174 valence electrons. The smallest absolute Gasteiger partial charge is 0.230 e. The topological polar surface area (TPSA) is 59.8 Å². The molecule has 7 heteroatoms. The van der Waals surface area contributed by atoms with Crippen molar-refractivity contribution in [3.05, 3.63) is 95.0 Å². The molecule has 0 spiro atoms. The van der Waals surface area contributed by atoms with Gasteiger partial charge in [0.2, 0.25) is 5.91 Å². The summed E-state index contributed by atoms with van der Waals surface area (Å²) < 4.78 is 2.04. The number of hydrogen-bond donors (Lipinski definition) is 1. The predicted octanol–water partition coefficient (Wildman–Crippen LogP) is 6.16. The van der Waals surface area contributed by atoms with Crippen LogP contribution in [0.2, 0.25) is 5.02 Å². The molecule has 34 heavy (non-hydrogen) atoms. The van der Waals surface area contributed by atoms with E-state index in [-0.39, 0.29) is 11.7 Å². The molecule has 4 aromatic rings. The van der Waals surface area contributed by atoms with Crippen molar-refractivity contribution in [1.82, 2.24) is 20.1 Å². The van der Waals surface area contributed by atoms with Gasteiger partial charge in [0.15, 0.2) is 11.0 Å². The van der Waals surface area contributed by atoms with Gasteiger partial charge in [0, 0.05) is 17.1 Å². The van der Waals surface area contributed by atoms with Crippen LogP contribution >= 0.6 is 23.4 Å². The summed E-state index contributed by atoms with van der Waals surface area (Å²) in [5.41, 5.74) is 4.31. The van der Waals surface area contributed by atoms with Crippen molar-refractivity contribution < 1.29 is 4.79 Å². The largest absolute Gasteiger partial charge is 0.355 e. The summed E-state index contributed by atoms with van der Waals surface area (Å²) in [4.78, 5) is 12.5. The number of benzene rings is 3. The van der Waals surface area contributed by atoms with Crippen LogP contribution in [0.1, 0.15) is 30.9 Å². The lowest BCUT2D eigenvalue weighted by Crippen LogP contribution is -2.27. The summed E-state index contributed by atoms with van der Waals surface area (Å²) >= 11 is 7.49. The summed E-state index contributed by atoms with van der Waals surface area (Å²) in [7, 11) is 0. The number of carbonyl (C=O) groups is 1. The molecular weight excluding hydrogens is 464 g/mol. The molecule has 1 amide bonds. The van der Waals surface area contributed by atoms with Gasteiger partial charge in [0.25, 0.3) is 0 Å². The van der Waals surface area contributed by atoms with Crippen LogP contribution in [0, 0.1) is 0 Å². The third-order valence-corrected chi connectivity index (χ3v) is 6.63. The molecule has 0 aliphatic heterocycles. The van der Waals surface area contributed by atoms with Crippen molar-refractivity contribution in [2.45, 2.75) is 31.3 Å². The van der Waals surface area contributed by atoms with Gasteiger partial charge in [-0.1, -0.05) is 85.7 Å². The highest BCUT2D eigenvalue weighted by Gasteiger charge is 2.20. The lowest BCUT2D eigenvalue weighted by Gasteiger charge is -2.17. The summed E-state index contributed by atoms with van der Waals surface area (Å²) in [5.74, 6) is 1.27. The van der Waals surface area contributed by atoms with Gasteiger partial charge in [-0.2, -0.15) is 0 Å². The lowest BCUT2D eigenvalue weighted by molar-refractivity contribution is -0.118. The van der Waals surface area contributed by atoms with Crippen LogP contribution in [0.5, 0.6) is 0 Å². The van der Waals surface area contributed by atoms with Crippen LogP contribution in [0.3, 0.4) is 0 Å². The first-order chi connectivity index (χ1) is 16.5. The molecule has 0 bridgehead atoms. The van der Waals surface area contributed by atoms with Gasteiger partial charge in [-0.15, -0.1) is 10.2 Å². The van der Waals surface area contributed by atoms with Gasteiger partial charge in [0.1, 0.15) is 0 Å². The number of para-hydroxylation sites is 1. The number of thioether (sulfide) groups is 1. The monoisotopic (exact) mass is 490 g/mol. The van der Waals surface area contributed by atoms with Gasteiger partial charge in [-0.25, -0.2) is 0 Å². The Kier molecular flexibility index (Phi) is 8.03. The fourth-order valence-corrected chi connectivity index (χ4v) is 4.62. The van der Waals surface area contributed by atoms with Crippen molar-refractivity contribution in [1.29, 1.82) is 0 Å². The number of hydrogen-bond acceptors (Lipinski definition) is 4. The fraction of sp³-hybridized carbons (Fsp3) is 0.222. The van der Waals surface area contributed by atoms with Crippen LogP contribution in [0.15, 0.2) is 84.0 Å². The second-order valence-electron chi connectivity index (χ2n) is 8.24. The molecule has 1 N–H and O–H groups in total. The summed E-state index contributed by atoms with van der Waals surface area (Å²) in [6, 6.07) is 25.9. The maximum absolute atomic E-state index is 12.5. The third-order valence-electron chi connectivity index (χ3n) is 5.45. The molecule has 0 radical (unpaired) electrons. The highest BCUT2D eigenvalue weighted by Crippen LogP contribution is 2.32. The molecule has 0 fully saturated rings. The molecule has 0 saturated heterocycles. The maximum atomic E-state index is 12.5. The van der Waals surface area contributed by atoms with E-state index in [0.717, 1.165) is 23.5 Å². The standard InChI is InChI=1S/C27H27ClN4OS/c1-19(2)23-10-6-7-11-24(23)32-26(21-12-14-22(28)15-13-21)30-31-27(32)34-18-25(33)29-17-16-20-8-4-3-5-9-20/h3-15,19H,16-18H2,1-2H3,(H,29,33). The van der Waals surface area contributed by atoms with E-state index in [1.165, 1.54) is 22.9 Å². The lowest BCUT2D eigenvalue weighted by atomic mass is 10.0. The van der Waals surface area contributed by atoms with Gasteiger partial charge in [-0.3, -0.25) is 9.36 Å². The maximum Gasteiger partial charge on any atom is 0.230 e. The molecule has 0 saturated carbocycles. The molecule has 0 aliphatic rings. The Morgan fingerprint density at radius 1 is 0.971 bits per heavy atom. The van der Waals surface area contributed by atoms with Crippen molar-refractivity contribution >= 4 is 29.3 Å². The molecule has 0 unspecified atom stereocenters. The van der Waals surface area contributed by atoms with Crippen LogP contribution < -0.4 is 5.32 Å². The summed E-state index contributed by atoms with van der Waals surface area (Å²) in [6.07, 6.45) is 0.801. The van der Waals surface area contributed by atoms with Crippen LogP contribution in [-0.4, -0.2) is 33.0 Å². The minimum absolute atomic E-state index is 0.0272. The molecule has 4 rings (SSSR count). The van der Waals surface area contributed by atoms with Gasteiger partial charge < -0.3 is 5.32 Å². The summed E-state index contributed by atoms with van der Waals surface area (Å²) in [5, 5.41) is 13.3. The second kappa shape index (κ2) is 11.4. The quantitative estimate of drug-likeness (QED) is 0.285. The number of aromatic nitrogens is 3. The third kappa shape index (κ3) is 5.88. The zero-order valence-electron chi connectivity index (χ0n) is 19.2. The molecule has 5 nitrogen and oxygen atoms in total. The molecule has 0 atom stereocenters. The van der Waals surface area contributed by atoms with Crippen LogP contribution in [-0.2, 0) is 11.2 Å². The van der Waals surface area contributed by atoms with E-state index < -0.39 is 0 Å². The molecule has 1 heterocycles. The van der Waals surface area contributed by atoms with Crippen LogP contribution in [0.25, 0.3) is 17.1 Å². The number of amides is 1. The van der Waals surface area contributed by atoms with Crippen LogP contribution in [0.4, 0.5) is 0 Å². The normalized spacial score (nSPS) is 11.1. The Bertz CT molecular complexity index is 1240. The first-order valence-electron chi connectivity index (χ1n) is 11.3. The van der Waals surface area contributed by atoms with Crippen molar-refractivity contribution in [3.8, 4) is 17.1 Å². The fourth-order valence-electron chi connectivity index (χ4n) is 3.72.